The third-order valence-corrected chi connectivity index (χ3v) is 5.55. The predicted molar refractivity (Wildman–Crippen MR) is 117 cm³/mol. The molecule has 0 atom stereocenters. The Morgan fingerprint density at radius 3 is 2.59 bits per heavy atom. The third kappa shape index (κ3) is 4.11. The number of hydrogen-bond donors (Lipinski definition) is 1. The minimum atomic E-state index is -0.653. The van der Waals surface area contributed by atoms with Crippen molar-refractivity contribution in [3.8, 4) is 5.75 Å². The van der Waals surface area contributed by atoms with Gasteiger partial charge in [-0.3, -0.25) is 0 Å². The number of hydroxylamine groups is 2. The summed E-state index contributed by atoms with van der Waals surface area (Å²) in [7, 11) is 1.61. The maximum Gasteiger partial charge on any atom is 0.291 e. The molecule has 1 N–H and O–H groups in total. The molecule has 1 saturated carbocycles. The Balaban J connectivity index is 1.58. The second-order valence-electron chi connectivity index (χ2n) is 7.02. The number of hydrogen-bond acceptors (Lipinski definition) is 6. The summed E-state index contributed by atoms with van der Waals surface area (Å²) >= 11 is 11.5. The molecule has 0 aromatic heterocycles. The summed E-state index contributed by atoms with van der Waals surface area (Å²) < 4.78 is 5.38. The molecular formula is C21H22ClN3O3S. The average Bonchev–Trinajstić information content (AvgIpc) is 3.07. The van der Waals surface area contributed by atoms with Gasteiger partial charge in [0.15, 0.2) is 0 Å². The number of amidine groups is 1. The normalized spacial score (nSPS) is 17.4. The van der Waals surface area contributed by atoms with Crippen LogP contribution in [0.2, 0.25) is 5.02 Å². The highest BCUT2D eigenvalue weighted by Gasteiger charge is 2.49. The van der Waals surface area contributed by atoms with Gasteiger partial charge in [-0.25, -0.2) is 0 Å². The van der Waals surface area contributed by atoms with Gasteiger partial charge in [0, 0.05) is 23.4 Å². The molecule has 6 nitrogen and oxygen atoms in total. The Morgan fingerprint density at radius 1 is 1.14 bits per heavy atom. The van der Waals surface area contributed by atoms with Crippen molar-refractivity contribution >= 4 is 40.5 Å². The van der Waals surface area contributed by atoms with Gasteiger partial charge in [0.05, 0.1) is 12.8 Å². The van der Waals surface area contributed by atoms with E-state index in [-0.39, 0.29) is 5.17 Å². The van der Waals surface area contributed by atoms with Crippen molar-refractivity contribution in [3.63, 3.8) is 0 Å². The van der Waals surface area contributed by atoms with Crippen molar-refractivity contribution < 1.29 is 14.4 Å². The number of benzene rings is 2. The second kappa shape index (κ2) is 8.47. The smallest absolute Gasteiger partial charge is 0.291 e. The van der Waals surface area contributed by atoms with Crippen LogP contribution in [-0.4, -0.2) is 28.9 Å². The Bertz CT molecular complexity index is 914. The fourth-order valence-electron chi connectivity index (χ4n) is 3.65. The molecule has 1 spiro atoms. The minimum absolute atomic E-state index is 0.187. The van der Waals surface area contributed by atoms with E-state index in [0.717, 1.165) is 36.9 Å². The van der Waals surface area contributed by atoms with E-state index in [1.807, 2.05) is 48.5 Å². The highest BCUT2D eigenvalue weighted by molar-refractivity contribution is 7.80. The molecule has 8 heteroatoms. The molecule has 0 unspecified atom stereocenters. The van der Waals surface area contributed by atoms with E-state index < -0.39 is 5.72 Å². The highest BCUT2D eigenvalue weighted by atomic mass is 35.5. The number of oxime groups is 1. The van der Waals surface area contributed by atoms with E-state index in [0.29, 0.717) is 16.6 Å². The zero-order chi connectivity index (χ0) is 20.3. The van der Waals surface area contributed by atoms with Gasteiger partial charge in [0.25, 0.3) is 5.17 Å². The fourth-order valence-corrected chi connectivity index (χ4v) is 3.96. The van der Waals surface area contributed by atoms with Crippen molar-refractivity contribution in [2.24, 2.45) is 5.16 Å². The van der Waals surface area contributed by atoms with Crippen molar-refractivity contribution in [3.05, 3.63) is 59.1 Å². The Kier molecular flexibility index (Phi) is 5.78. The highest BCUT2D eigenvalue weighted by Crippen LogP contribution is 2.40. The Morgan fingerprint density at radius 2 is 1.86 bits per heavy atom. The van der Waals surface area contributed by atoms with Crippen molar-refractivity contribution in [2.75, 3.05) is 12.4 Å². The van der Waals surface area contributed by atoms with Gasteiger partial charge >= 0.3 is 0 Å². The number of thiocarbonyl (C=S) groups is 1. The van der Waals surface area contributed by atoms with E-state index in [2.05, 4.69) is 10.5 Å². The lowest BCUT2D eigenvalue weighted by atomic mass is 9.91. The summed E-state index contributed by atoms with van der Waals surface area (Å²) in [5.74, 6) is 1.25. The lowest BCUT2D eigenvalue weighted by Gasteiger charge is -2.38. The summed E-state index contributed by atoms with van der Waals surface area (Å²) in [5, 5.41) is 10.0. The van der Waals surface area contributed by atoms with Crippen LogP contribution in [-0.2, 0) is 9.68 Å². The first-order valence-corrected chi connectivity index (χ1v) is 10.3. The third-order valence-electron chi connectivity index (χ3n) is 5.12. The lowest BCUT2D eigenvalue weighted by molar-refractivity contribution is -0.217. The number of para-hydroxylation sites is 2. The van der Waals surface area contributed by atoms with Crippen LogP contribution in [0.15, 0.2) is 53.7 Å². The van der Waals surface area contributed by atoms with Crippen molar-refractivity contribution in [2.45, 2.75) is 37.8 Å². The summed E-state index contributed by atoms with van der Waals surface area (Å²) in [6.07, 6.45) is 4.86. The lowest BCUT2D eigenvalue weighted by Crippen LogP contribution is -2.51. The van der Waals surface area contributed by atoms with Crippen LogP contribution in [0.25, 0.3) is 0 Å². The van der Waals surface area contributed by atoms with E-state index in [9.17, 15) is 0 Å². The number of nitrogens with one attached hydrogen (secondary N) is 1. The monoisotopic (exact) mass is 431 g/mol. The second-order valence-corrected chi connectivity index (χ2v) is 7.83. The molecule has 2 aromatic rings. The van der Waals surface area contributed by atoms with Gasteiger partial charge in [-0.15, -0.1) is 5.06 Å². The minimum Gasteiger partial charge on any atom is -0.495 e. The van der Waals surface area contributed by atoms with Crippen molar-refractivity contribution in [1.82, 2.24) is 5.06 Å². The Labute approximate surface area is 180 Å². The van der Waals surface area contributed by atoms with E-state index in [4.69, 9.17) is 38.2 Å². The van der Waals surface area contributed by atoms with Crippen LogP contribution in [0.3, 0.4) is 0 Å². The molecule has 4 rings (SSSR count). The van der Waals surface area contributed by atoms with Gasteiger partial charge in [0.2, 0.25) is 11.6 Å². The van der Waals surface area contributed by atoms with Crippen LogP contribution in [0, 0.1) is 0 Å². The molecule has 0 bridgehead atoms. The van der Waals surface area contributed by atoms with Gasteiger partial charge in [-0.1, -0.05) is 35.3 Å². The van der Waals surface area contributed by atoms with E-state index in [1.165, 1.54) is 6.42 Å². The standard InChI is InChI=1S/C21H22ClN3O3S/c1-26-18-8-4-3-7-17(18)23-20(29)27-25-19(15-9-11-16(22)12-10-15)24-28-21(25)13-5-2-6-14-21/h3-4,7-12H,2,5-6,13-14H2,1H3,(H,23,29). The van der Waals surface area contributed by atoms with Gasteiger partial charge in [-0.2, -0.15) is 0 Å². The maximum absolute atomic E-state index is 6.11. The molecule has 152 valence electrons. The molecule has 29 heavy (non-hydrogen) atoms. The first-order valence-electron chi connectivity index (χ1n) is 9.56. The molecule has 2 aliphatic rings. The largest absolute Gasteiger partial charge is 0.495 e. The van der Waals surface area contributed by atoms with Crippen LogP contribution < -0.4 is 10.1 Å². The topological polar surface area (TPSA) is 55.3 Å². The van der Waals surface area contributed by atoms with Crippen LogP contribution in [0.4, 0.5) is 5.69 Å². The molecule has 1 aliphatic heterocycles. The molecule has 1 heterocycles. The summed E-state index contributed by atoms with van der Waals surface area (Å²) in [4.78, 5) is 12.0. The van der Waals surface area contributed by atoms with Crippen LogP contribution >= 0.6 is 23.8 Å². The molecule has 1 fully saturated rings. The molecular weight excluding hydrogens is 410 g/mol. The molecule has 0 amide bonds. The van der Waals surface area contributed by atoms with Gasteiger partial charge in [-0.05, 0) is 61.5 Å². The predicted octanol–water partition coefficient (Wildman–Crippen LogP) is 5.33. The molecule has 1 aliphatic carbocycles. The van der Waals surface area contributed by atoms with Crippen LogP contribution in [0.5, 0.6) is 5.75 Å². The maximum atomic E-state index is 6.11. The number of anilines is 1. The van der Waals surface area contributed by atoms with E-state index >= 15 is 0 Å². The average molecular weight is 432 g/mol. The van der Waals surface area contributed by atoms with E-state index in [1.54, 1.807) is 12.2 Å². The first kappa shape index (κ1) is 19.8. The fraction of sp³-hybridized carbons (Fsp3) is 0.333. The zero-order valence-corrected chi connectivity index (χ0v) is 17.6. The van der Waals surface area contributed by atoms with Crippen LogP contribution in [0.1, 0.15) is 37.7 Å². The number of halogens is 1. The number of rotatable bonds is 4. The SMILES string of the molecule is COc1ccccc1NC(=S)ON1C(c2ccc(Cl)cc2)=NOC12CCCCC2. The molecule has 0 saturated heterocycles. The summed E-state index contributed by atoms with van der Waals surface area (Å²) in [5.41, 5.74) is 0.916. The quantitative estimate of drug-likeness (QED) is 0.660. The van der Waals surface area contributed by atoms with Crippen molar-refractivity contribution in [1.29, 1.82) is 0 Å². The number of ether oxygens (including phenoxy) is 1. The van der Waals surface area contributed by atoms with Gasteiger partial charge in [0.1, 0.15) is 5.75 Å². The first-order chi connectivity index (χ1) is 14.1. The summed E-state index contributed by atoms with van der Waals surface area (Å²) in [6.45, 7) is 0. The van der Waals surface area contributed by atoms with Gasteiger partial charge < -0.3 is 19.7 Å². The molecule has 0 radical (unpaired) electrons. The number of methoxy groups -OCH3 is 1. The Hall–Kier alpha value is -2.51. The zero-order valence-electron chi connectivity index (χ0n) is 16.1. The molecule has 2 aromatic carbocycles. The number of nitrogens with zero attached hydrogens (tertiary/aromatic N) is 2. The summed E-state index contributed by atoms with van der Waals surface area (Å²) in [6, 6.07) is 14.9.